The Bertz CT molecular complexity index is 1100. The van der Waals surface area contributed by atoms with Crippen molar-refractivity contribution in [1.29, 1.82) is 0 Å². The highest BCUT2D eigenvalue weighted by atomic mass is 32.2. The Balaban J connectivity index is 1.81. The number of fused-ring (bicyclic) bond motifs is 1. The molecule has 0 bridgehead atoms. The molecule has 0 unspecified atom stereocenters. The van der Waals surface area contributed by atoms with Crippen LogP contribution in [0.5, 0.6) is 5.75 Å². The maximum atomic E-state index is 12.6. The van der Waals surface area contributed by atoms with Crippen molar-refractivity contribution in [3.05, 3.63) is 66.7 Å². The van der Waals surface area contributed by atoms with Crippen molar-refractivity contribution < 1.29 is 17.9 Å². The van der Waals surface area contributed by atoms with Crippen molar-refractivity contribution in [1.82, 2.24) is 0 Å². The molecule has 0 saturated carbocycles. The summed E-state index contributed by atoms with van der Waals surface area (Å²) < 4.78 is 31.6. The molecule has 0 saturated heterocycles. The van der Waals surface area contributed by atoms with Crippen LogP contribution in [-0.4, -0.2) is 33.2 Å². The lowest BCUT2D eigenvalue weighted by Crippen LogP contribution is -2.37. The van der Waals surface area contributed by atoms with Gasteiger partial charge in [-0.1, -0.05) is 36.4 Å². The zero-order valence-electron chi connectivity index (χ0n) is 16.6. The minimum absolute atomic E-state index is 0.0551. The third-order valence-electron chi connectivity index (χ3n) is 4.23. The van der Waals surface area contributed by atoms with Crippen molar-refractivity contribution in [3.8, 4) is 5.75 Å². The van der Waals surface area contributed by atoms with Crippen molar-refractivity contribution in [2.45, 2.75) is 20.0 Å². The predicted octanol–water partition coefficient (Wildman–Crippen LogP) is 4.03. The van der Waals surface area contributed by atoms with E-state index in [2.05, 4.69) is 5.32 Å². The standard InChI is InChI=1S/C22H24N2O4S/c1-16(2)28-19-13-11-18(12-14-19)23-22(25)15-24(29(3,26)27)21-10-6-8-17-7-4-5-9-20(17)21/h4-14,16H,15H2,1-3H3,(H,23,25). The van der Waals surface area contributed by atoms with Crippen LogP contribution in [0.25, 0.3) is 10.8 Å². The van der Waals surface area contributed by atoms with E-state index in [-0.39, 0.29) is 12.6 Å². The first-order valence-corrected chi connectivity index (χ1v) is 11.1. The number of anilines is 2. The van der Waals surface area contributed by atoms with Crippen LogP contribution >= 0.6 is 0 Å². The van der Waals surface area contributed by atoms with Crippen LogP contribution in [0.1, 0.15) is 13.8 Å². The highest BCUT2D eigenvalue weighted by molar-refractivity contribution is 7.92. The third kappa shape index (κ3) is 5.26. The maximum Gasteiger partial charge on any atom is 0.245 e. The van der Waals surface area contributed by atoms with E-state index in [4.69, 9.17) is 4.74 Å². The van der Waals surface area contributed by atoms with Gasteiger partial charge in [-0.2, -0.15) is 0 Å². The predicted molar refractivity (Wildman–Crippen MR) is 117 cm³/mol. The van der Waals surface area contributed by atoms with Crippen molar-refractivity contribution in [2.24, 2.45) is 0 Å². The normalized spacial score (nSPS) is 11.4. The lowest BCUT2D eigenvalue weighted by atomic mass is 10.1. The number of benzene rings is 3. The minimum Gasteiger partial charge on any atom is -0.491 e. The van der Waals surface area contributed by atoms with Gasteiger partial charge in [0.1, 0.15) is 12.3 Å². The molecule has 7 heteroatoms. The number of rotatable bonds is 7. The van der Waals surface area contributed by atoms with Crippen LogP contribution in [-0.2, 0) is 14.8 Å². The van der Waals surface area contributed by atoms with Crippen molar-refractivity contribution in [2.75, 3.05) is 22.4 Å². The number of carbonyl (C=O) groups is 1. The summed E-state index contributed by atoms with van der Waals surface area (Å²) in [5, 5.41) is 4.41. The summed E-state index contributed by atoms with van der Waals surface area (Å²) in [7, 11) is -3.66. The Kier molecular flexibility index (Phi) is 6.08. The van der Waals surface area contributed by atoms with Crippen molar-refractivity contribution >= 4 is 38.1 Å². The van der Waals surface area contributed by atoms with Gasteiger partial charge >= 0.3 is 0 Å². The summed E-state index contributed by atoms with van der Waals surface area (Å²) in [4.78, 5) is 12.6. The van der Waals surface area contributed by atoms with Gasteiger partial charge in [-0.15, -0.1) is 0 Å². The fourth-order valence-corrected chi connectivity index (χ4v) is 3.90. The molecule has 0 atom stereocenters. The summed E-state index contributed by atoms with van der Waals surface area (Å²) in [5.74, 6) is 0.271. The van der Waals surface area contributed by atoms with Gasteiger partial charge in [-0.3, -0.25) is 9.10 Å². The molecule has 1 amide bonds. The molecule has 0 aromatic heterocycles. The number of nitrogens with zero attached hydrogens (tertiary/aromatic N) is 1. The van der Waals surface area contributed by atoms with E-state index in [1.165, 1.54) is 0 Å². The van der Waals surface area contributed by atoms with E-state index in [9.17, 15) is 13.2 Å². The molecule has 29 heavy (non-hydrogen) atoms. The van der Waals surface area contributed by atoms with Gasteiger partial charge in [-0.25, -0.2) is 8.42 Å². The molecular weight excluding hydrogens is 388 g/mol. The number of ether oxygens (including phenoxy) is 1. The molecule has 3 aromatic rings. The highest BCUT2D eigenvalue weighted by Crippen LogP contribution is 2.28. The average molecular weight is 413 g/mol. The minimum atomic E-state index is -3.66. The van der Waals surface area contributed by atoms with Crippen LogP contribution in [0.2, 0.25) is 0 Å². The monoisotopic (exact) mass is 412 g/mol. The average Bonchev–Trinajstić information content (AvgIpc) is 2.66. The van der Waals surface area contributed by atoms with Gasteiger partial charge < -0.3 is 10.1 Å². The van der Waals surface area contributed by atoms with Gasteiger partial charge in [0.05, 0.1) is 18.0 Å². The van der Waals surface area contributed by atoms with E-state index < -0.39 is 15.9 Å². The van der Waals surface area contributed by atoms with E-state index in [1.807, 2.05) is 44.2 Å². The summed E-state index contributed by atoms with van der Waals surface area (Å²) in [6, 6.07) is 19.8. The van der Waals surface area contributed by atoms with Crippen molar-refractivity contribution in [3.63, 3.8) is 0 Å². The Morgan fingerprint density at radius 3 is 2.31 bits per heavy atom. The quantitative estimate of drug-likeness (QED) is 0.636. The largest absolute Gasteiger partial charge is 0.491 e. The maximum absolute atomic E-state index is 12.6. The summed E-state index contributed by atoms with van der Waals surface area (Å²) in [6.07, 6.45) is 1.15. The van der Waals surface area contributed by atoms with E-state index in [0.29, 0.717) is 17.1 Å². The Labute approximate surface area is 171 Å². The van der Waals surface area contributed by atoms with Crippen LogP contribution < -0.4 is 14.4 Å². The number of carbonyl (C=O) groups excluding carboxylic acids is 1. The van der Waals surface area contributed by atoms with Crippen LogP contribution in [0.15, 0.2) is 66.7 Å². The summed E-state index contributed by atoms with van der Waals surface area (Å²) in [6.45, 7) is 3.54. The number of nitrogens with one attached hydrogen (secondary N) is 1. The summed E-state index contributed by atoms with van der Waals surface area (Å²) in [5.41, 5.74) is 1.04. The van der Waals surface area contributed by atoms with Gasteiger partial charge in [0.2, 0.25) is 15.9 Å². The first-order chi connectivity index (χ1) is 13.7. The first kappa shape index (κ1) is 20.7. The van der Waals surface area contributed by atoms with E-state index in [0.717, 1.165) is 21.3 Å². The number of sulfonamides is 1. The topological polar surface area (TPSA) is 75.7 Å². The molecule has 3 aromatic carbocycles. The number of hydrogen-bond acceptors (Lipinski definition) is 4. The Hall–Kier alpha value is -3.06. The molecule has 0 aliphatic carbocycles. The van der Waals surface area contributed by atoms with E-state index in [1.54, 1.807) is 36.4 Å². The second-order valence-corrected chi connectivity index (χ2v) is 8.91. The van der Waals surface area contributed by atoms with Gasteiger partial charge in [0.15, 0.2) is 0 Å². The fraction of sp³-hybridized carbons (Fsp3) is 0.227. The van der Waals surface area contributed by atoms with E-state index >= 15 is 0 Å². The molecule has 1 N–H and O–H groups in total. The molecule has 0 heterocycles. The smallest absolute Gasteiger partial charge is 0.245 e. The highest BCUT2D eigenvalue weighted by Gasteiger charge is 2.22. The first-order valence-electron chi connectivity index (χ1n) is 9.26. The number of hydrogen-bond donors (Lipinski definition) is 1. The molecule has 0 aliphatic heterocycles. The second kappa shape index (κ2) is 8.53. The molecule has 152 valence electrons. The Morgan fingerprint density at radius 2 is 1.66 bits per heavy atom. The lowest BCUT2D eigenvalue weighted by molar-refractivity contribution is -0.114. The zero-order valence-corrected chi connectivity index (χ0v) is 17.4. The SMILES string of the molecule is CC(C)Oc1ccc(NC(=O)CN(c2cccc3ccccc23)S(C)(=O)=O)cc1. The lowest BCUT2D eigenvalue weighted by Gasteiger charge is -2.23. The fourth-order valence-electron chi connectivity index (χ4n) is 3.03. The van der Waals surface area contributed by atoms with Crippen LogP contribution in [0, 0.1) is 0 Å². The molecule has 0 spiro atoms. The molecule has 0 fully saturated rings. The van der Waals surface area contributed by atoms with Gasteiger partial charge in [0.25, 0.3) is 0 Å². The van der Waals surface area contributed by atoms with Crippen LogP contribution in [0.4, 0.5) is 11.4 Å². The molecular formula is C22H24N2O4S. The molecule has 0 radical (unpaired) electrons. The van der Waals surface area contributed by atoms with Gasteiger partial charge in [0, 0.05) is 11.1 Å². The Morgan fingerprint density at radius 1 is 1.00 bits per heavy atom. The molecule has 6 nitrogen and oxygen atoms in total. The second-order valence-electron chi connectivity index (χ2n) is 7.01. The zero-order chi connectivity index (χ0) is 21.0. The molecule has 0 aliphatic rings. The van der Waals surface area contributed by atoms with Crippen LogP contribution in [0.3, 0.4) is 0 Å². The third-order valence-corrected chi connectivity index (χ3v) is 5.36. The summed E-state index contributed by atoms with van der Waals surface area (Å²) >= 11 is 0. The van der Waals surface area contributed by atoms with Gasteiger partial charge in [-0.05, 0) is 49.6 Å². The number of amides is 1. The molecule has 3 rings (SSSR count).